The Balaban J connectivity index is 1.51. The molecule has 2 N–H and O–H groups in total. The van der Waals surface area contributed by atoms with Crippen molar-refractivity contribution < 1.29 is 19.7 Å². The Morgan fingerprint density at radius 3 is 2.00 bits per heavy atom. The van der Waals surface area contributed by atoms with Gasteiger partial charge in [0.05, 0.1) is 17.8 Å². The largest absolute Gasteiger partial charge is 0.393 e. The average Bonchev–Trinajstić information content (AvgIpc) is 3.49. The van der Waals surface area contributed by atoms with Gasteiger partial charge in [-0.25, -0.2) is 0 Å². The normalized spacial score (nSPS) is 31.0. The number of carbonyl (C=O) groups is 1. The van der Waals surface area contributed by atoms with Crippen LogP contribution in [0.3, 0.4) is 0 Å². The molecule has 0 aromatic rings. The van der Waals surface area contributed by atoms with Gasteiger partial charge in [0.25, 0.3) is 0 Å². The summed E-state index contributed by atoms with van der Waals surface area (Å²) < 4.78 is 6.18. The molecule has 3 rings (SSSR count). The third-order valence-electron chi connectivity index (χ3n) is 9.54. The lowest BCUT2D eigenvalue weighted by Crippen LogP contribution is -2.48. The zero-order chi connectivity index (χ0) is 32.9. The molecule has 238 valence electrons. The minimum absolute atomic E-state index is 0.0940. The van der Waals surface area contributed by atoms with Gasteiger partial charge in [-0.2, -0.15) is 0 Å². The highest BCUT2D eigenvalue weighted by Gasteiger charge is 2.76. The van der Waals surface area contributed by atoms with E-state index in [1.165, 1.54) is 5.57 Å². The summed E-state index contributed by atoms with van der Waals surface area (Å²) in [7, 11) is 0. The molecule has 1 heterocycles. The Morgan fingerprint density at radius 1 is 0.841 bits per heavy atom. The Kier molecular flexibility index (Phi) is 11.3. The lowest BCUT2D eigenvalue weighted by Gasteiger charge is -2.40. The predicted octanol–water partition coefficient (Wildman–Crippen LogP) is 8.61. The fourth-order valence-electron chi connectivity index (χ4n) is 7.11. The van der Waals surface area contributed by atoms with E-state index in [9.17, 15) is 15.0 Å². The molecule has 3 aliphatic rings. The molecule has 1 saturated carbocycles. The summed E-state index contributed by atoms with van der Waals surface area (Å²) in [5, 5.41) is 20.3. The van der Waals surface area contributed by atoms with E-state index in [0.717, 1.165) is 28.7 Å². The number of aliphatic hydroxyl groups is 2. The minimum atomic E-state index is -0.491. The van der Waals surface area contributed by atoms with Crippen LogP contribution in [0.25, 0.3) is 0 Å². The Hall–Kier alpha value is -2.97. The summed E-state index contributed by atoms with van der Waals surface area (Å²) in [6.45, 7) is 20.6. The maximum absolute atomic E-state index is 13.1. The summed E-state index contributed by atoms with van der Waals surface area (Å²) in [5.74, 6) is 6.75. The maximum atomic E-state index is 13.1. The van der Waals surface area contributed by atoms with Crippen LogP contribution in [0.1, 0.15) is 101 Å². The number of epoxide rings is 1. The van der Waals surface area contributed by atoms with E-state index in [0.29, 0.717) is 31.3 Å². The predicted molar refractivity (Wildman–Crippen MR) is 183 cm³/mol. The molecule has 4 nitrogen and oxygen atoms in total. The fourth-order valence-corrected chi connectivity index (χ4v) is 7.11. The Bertz CT molecular complexity index is 1420. The van der Waals surface area contributed by atoms with E-state index in [4.69, 9.17) is 4.74 Å². The molecule has 0 aromatic heterocycles. The standard InChI is InChI=1S/C40H54O4/c1-28(17-13-18-30(3)21-22-35-32(5)23-33(41)24-37(35,6)7)15-11-12-16-29(2)19-14-20-31(4)36(43)27-40-38(8,9)25-34(42)26-39(40,10)44-40/h11-20,33-34,41-42H,23-27H2,1-10H3/b12-11+,17-13+,19-14+,28-15+,29-16+,30-18+,31-20+/t33-,34+,39+,40-/m1/s1. The Morgan fingerprint density at radius 2 is 1.43 bits per heavy atom. The first-order valence-electron chi connectivity index (χ1n) is 15.9. The van der Waals surface area contributed by atoms with Crippen LogP contribution in [0.15, 0.2) is 94.2 Å². The van der Waals surface area contributed by atoms with Crippen molar-refractivity contribution in [1.29, 1.82) is 0 Å². The van der Waals surface area contributed by atoms with Crippen LogP contribution in [-0.2, 0) is 9.53 Å². The van der Waals surface area contributed by atoms with Crippen molar-refractivity contribution in [3.8, 4) is 11.8 Å². The molecule has 4 atom stereocenters. The number of hydrogen-bond acceptors (Lipinski definition) is 4. The number of ketones is 1. The second-order valence-electron chi connectivity index (χ2n) is 14.7. The first-order chi connectivity index (χ1) is 20.4. The highest BCUT2D eigenvalue weighted by molar-refractivity contribution is 5.96. The lowest BCUT2D eigenvalue weighted by molar-refractivity contribution is -0.118. The summed E-state index contributed by atoms with van der Waals surface area (Å²) >= 11 is 0. The molecule has 1 saturated heterocycles. The number of rotatable bonds is 9. The van der Waals surface area contributed by atoms with E-state index in [1.807, 2.05) is 76.3 Å². The highest BCUT2D eigenvalue weighted by atomic mass is 16.6. The zero-order valence-corrected chi connectivity index (χ0v) is 28.7. The number of fused-ring (bicyclic) bond motifs is 1. The van der Waals surface area contributed by atoms with Crippen molar-refractivity contribution in [1.82, 2.24) is 0 Å². The molecule has 0 bridgehead atoms. The zero-order valence-electron chi connectivity index (χ0n) is 28.7. The van der Waals surface area contributed by atoms with Gasteiger partial charge in [-0.15, -0.1) is 0 Å². The molecule has 44 heavy (non-hydrogen) atoms. The van der Waals surface area contributed by atoms with E-state index in [-0.39, 0.29) is 28.8 Å². The van der Waals surface area contributed by atoms with Crippen molar-refractivity contribution >= 4 is 5.78 Å². The lowest BCUT2D eigenvalue weighted by atomic mass is 9.61. The number of carbonyl (C=O) groups excluding carboxylic acids is 1. The molecule has 2 aliphatic carbocycles. The average molecular weight is 599 g/mol. The summed E-state index contributed by atoms with van der Waals surface area (Å²) in [6.07, 6.45) is 22.4. The van der Waals surface area contributed by atoms with Gasteiger partial charge in [0.15, 0.2) is 5.78 Å². The third-order valence-corrected chi connectivity index (χ3v) is 9.54. The highest BCUT2D eigenvalue weighted by Crippen LogP contribution is 2.67. The van der Waals surface area contributed by atoms with Crippen LogP contribution in [0, 0.1) is 22.7 Å². The molecular formula is C40H54O4. The van der Waals surface area contributed by atoms with E-state index in [2.05, 4.69) is 65.5 Å². The monoisotopic (exact) mass is 598 g/mol. The molecule has 0 unspecified atom stereocenters. The summed E-state index contributed by atoms with van der Waals surface area (Å²) in [6, 6.07) is 0. The van der Waals surface area contributed by atoms with Crippen LogP contribution in [0.4, 0.5) is 0 Å². The second kappa shape index (κ2) is 14.0. The second-order valence-corrected chi connectivity index (χ2v) is 14.7. The van der Waals surface area contributed by atoms with Crippen molar-refractivity contribution in [3.05, 3.63) is 94.2 Å². The number of ether oxygens (including phenoxy) is 1. The van der Waals surface area contributed by atoms with Gasteiger partial charge in [0.1, 0.15) is 5.60 Å². The smallest absolute Gasteiger partial charge is 0.161 e. The molecule has 0 amide bonds. The van der Waals surface area contributed by atoms with Gasteiger partial charge >= 0.3 is 0 Å². The topological polar surface area (TPSA) is 70.1 Å². The first kappa shape index (κ1) is 35.5. The van der Waals surface area contributed by atoms with Crippen LogP contribution in [0.2, 0.25) is 0 Å². The minimum Gasteiger partial charge on any atom is -0.393 e. The van der Waals surface area contributed by atoms with Crippen LogP contribution >= 0.6 is 0 Å². The van der Waals surface area contributed by atoms with Crippen LogP contribution < -0.4 is 0 Å². The molecule has 2 fully saturated rings. The molecule has 1 aliphatic heterocycles. The fraction of sp³-hybridized carbons (Fsp3) is 0.525. The van der Waals surface area contributed by atoms with Crippen molar-refractivity contribution in [2.75, 3.05) is 0 Å². The van der Waals surface area contributed by atoms with Crippen LogP contribution in [-0.4, -0.2) is 39.4 Å². The van der Waals surface area contributed by atoms with Crippen molar-refractivity contribution in [3.63, 3.8) is 0 Å². The number of allylic oxidation sites excluding steroid dienone is 15. The molecule has 0 radical (unpaired) electrons. The van der Waals surface area contributed by atoms with Gasteiger partial charge in [0, 0.05) is 23.8 Å². The quantitative estimate of drug-likeness (QED) is 0.121. The first-order valence-corrected chi connectivity index (χ1v) is 15.9. The van der Waals surface area contributed by atoms with Crippen molar-refractivity contribution in [2.45, 2.75) is 125 Å². The van der Waals surface area contributed by atoms with E-state index in [1.54, 1.807) is 0 Å². The molecule has 0 aromatic carbocycles. The van der Waals surface area contributed by atoms with E-state index < -0.39 is 11.2 Å². The van der Waals surface area contributed by atoms with Gasteiger partial charge in [-0.3, -0.25) is 4.79 Å². The summed E-state index contributed by atoms with van der Waals surface area (Å²) in [4.78, 5) is 13.1. The van der Waals surface area contributed by atoms with Crippen molar-refractivity contribution in [2.24, 2.45) is 10.8 Å². The maximum Gasteiger partial charge on any atom is 0.161 e. The summed E-state index contributed by atoms with van der Waals surface area (Å²) in [5.41, 5.74) is 5.00. The number of aliphatic hydroxyl groups excluding tert-OH is 2. The third kappa shape index (κ3) is 8.60. The SMILES string of the molecule is CC1=C(C#C/C(C)=C/C=C/C(C)=C/C=C/C=C(C)/C=C/C=C(\C)C(=O)C[C@]23O[C@@]2(C)C[C@@H](O)CC3(C)C)C(C)(C)C[C@H](O)C1. The van der Waals surface area contributed by atoms with Crippen LogP contribution in [0.5, 0.6) is 0 Å². The van der Waals surface area contributed by atoms with Gasteiger partial charge in [-0.1, -0.05) is 117 Å². The number of hydrogen-bond donors (Lipinski definition) is 2. The molecule has 4 heteroatoms. The van der Waals surface area contributed by atoms with Gasteiger partial charge in [-0.05, 0) is 77.4 Å². The van der Waals surface area contributed by atoms with Gasteiger partial charge in [0.2, 0.25) is 0 Å². The number of Topliss-reactive ketones (excluding diaryl/α,β-unsaturated/α-hetero) is 1. The molecular weight excluding hydrogens is 544 g/mol. The van der Waals surface area contributed by atoms with E-state index >= 15 is 0 Å². The Labute approximate surface area is 266 Å². The van der Waals surface area contributed by atoms with Gasteiger partial charge < -0.3 is 14.9 Å². The molecule has 0 spiro atoms.